The Kier molecular flexibility index (Phi) is 6.40. The van der Waals surface area contributed by atoms with E-state index in [9.17, 15) is 4.79 Å². The Hall–Kier alpha value is -3.04. The molecule has 148 valence electrons. The summed E-state index contributed by atoms with van der Waals surface area (Å²) in [5.41, 5.74) is 5.34. The molecular formula is C25H25ClN2O. The molecule has 1 aromatic heterocycles. The van der Waals surface area contributed by atoms with E-state index < -0.39 is 0 Å². The molecule has 0 N–H and O–H groups in total. The fourth-order valence-electron chi connectivity index (χ4n) is 3.66. The Labute approximate surface area is 178 Å². The lowest BCUT2D eigenvalue weighted by atomic mass is 10.0. The standard InChI is InChI=1S/C25H24N2O.ClH/c1-26(17-20-8-4-3-5-9-20)21-14-12-19(13-15-21)16-25(28)23-18-27(2)24-11-7-6-10-22(23)24;/h3-15,18H,16-17H2,1-2H3;1H. The molecular weight excluding hydrogens is 380 g/mol. The number of rotatable bonds is 6. The van der Waals surface area contributed by atoms with Crippen LogP contribution in [0.4, 0.5) is 5.69 Å². The van der Waals surface area contributed by atoms with Gasteiger partial charge in [0.05, 0.1) is 0 Å². The summed E-state index contributed by atoms with van der Waals surface area (Å²) in [4.78, 5) is 15.1. The quantitative estimate of drug-likeness (QED) is 0.387. The molecule has 0 unspecified atom stereocenters. The Bertz CT molecular complexity index is 1100. The molecule has 4 aromatic rings. The number of fused-ring (bicyclic) bond motifs is 1. The molecule has 4 heteroatoms. The van der Waals surface area contributed by atoms with E-state index in [1.54, 1.807) is 0 Å². The number of hydrogen-bond donors (Lipinski definition) is 0. The van der Waals surface area contributed by atoms with Crippen LogP contribution in [0.5, 0.6) is 0 Å². The zero-order chi connectivity index (χ0) is 19.5. The van der Waals surface area contributed by atoms with Gasteiger partial charge in [0.15, 0.2) is 5.78 Å². The summed E-state index contributed by atoms with van der Waals surface area (Å²) < 4.78 is 2.02. The van der Waals surface area contributed by atoms with Crippen LogP contribution in [-0.2, 0) is 20.0 Å². The smallest absolute Gasteiger partial charge is 0.169 e. The molecule has 0 amide bonds. The lowest BCUT2D eigenvalue weighted by molar-refractivity contribution is 0.0994. The maximum Gasteiger partial charge on any atom is 0.169 e. The van der Waals surface area contributed by atoms with Crippen LogP contribution in [0.2, 0.25) is 0 Å². The second-order valence-corrected chi connectivity index (χ2v) is 7.28. The molecule has 0 fully saturated rings. The largest absolute Gasteiger partial charge is 0.370 e. The second kappa shape index (κ2) is 8.97. The maximum absolute atomic E-state index is 12.9. The summed E-state index contributed by atoms with van der Waals surface area (Å²) in [7, 11) is 4.07. The number of nitrogens with zero attached hydrogens (tertiary/aromatic N) is 2. The Balaban J connectivity index is 0.00000240. The van der Waals surface area contributed by atoms with E-state index in [4.69, 9.17) is 0 Å². The minimum atomic E-state index is 0. The van der Waals surface area contributed by atoms with Crippen molar-refractivity contribution in [3.8, 4) is 0 Å². The number of anilines is 1. The van der Waals surface area contributed by atoms with E-state index in [1.807, 2.05) is 48.1 Å². The topological polar surface area (TPSA) is 25.2 Å². The lowest BCUT2D eigenvalue weighted by Crippen LogP contribution is -2.16. The highest BCUT2D eigenvalue weighted by Crippen LogP contribution is 2.23. The molecule has 29 heavy (non-hydrogen) atoms. The van der Waals surface area contributed by atoms with Crippen molar-refractivity contribution in [1.82, 2.24) is 4.57 Å². The number of aromatic nitrogens is 1. The van der Waals surface area contributed by atoms with Crippen LogP contribution < -0.4 is 4.90 Å². The maximum atomic E-state index is 12.9. The molecule has 3 aromatic carbocycles. The Morgan fingerprint density at radius 2 is 1.52 bits per heavy atom. The van der Waals surface area contributed by atoms with Gasteiger partial charge in [-0.3, -0.25) is 4.79 Å². The van der Waals surface area contributed by atoms with Crippen molar-refractivity contribution < 1.29 is 4.79 Å². The number of para-hydroxylation sites is 1. The van der Waals surface area contributed by atoms with Gasteiger partial charge in [0.2, 0.25) is 0 Å². The van der Waals surface area contributed by atoms with Crippen molar-refractivity contribution in [2.75, 3.05) is 11.9 Å². The fourth-order valence-corrected chi connectivity index (χ4v) is 3.66. The van der Waals surface area contributed by atoms with Crippen LogP contribution in [0.3, 0.4) is 0 Å². The van der Waals surface area contributed by atoms with Gasteiger partial charge in [0.1, 0.15) is 0 Å². The van der Waals surface area contributed by atoms with Crippen molar-refractivity contribution in [3.05, 3.63) is 102 Å². The van der Waals surface area contributed by atoms with E-state index in [2.05, 4.69) is 60.5 Å². The summed E-state index contributed by atoms with van der Waals surface area (Å²) in [6.07, 6.45) is 2.35. The van der Waals surface area contributed by atoms with Crippen molar-refractivity contribution >= 4 is 34.8 Å². The molecule has 0 saturated heterocycles. The molecule has 1 heterocycles. The SMILES string of the molecule is CN(Cc1ccccc1)c1ccc(CC(=O)c2cn(C)c3ccccc23)cc1.Cl. The van der Waals surface area contributed by atoms with Gasteiger partial charge >= 0.3 is 0 Å². The van der Waals surface area contributed by atoms with E-state index >= 15 is 0 Å². The number of Topliss-reactive ketones (excluding diaryl/α,β-unsaturated/α-hetero) is 1. The van der Waals surface area contributed by atoms with Gasteiger partial charge in [0.25, 0.3) is 0 Å². The van der Waals surface area contributed by atoms with E-state index in [0.29, 0.717) is 6.42 Å². The highest BCUT2D eigenvalue weighted by atomic mass is 35.5. The first kappa shape index (κ1) is 20.7. The second-order valence-electron chi connectivity index (χ2n) is 7.28. The third kappa shape index (κ3) is 4.52. The lowest BCUT2D eigenvalue weighted by Gasteiger charge is -2.19. The summed E-state index contributed by atoms with van der Waals surface area (Å²) in [6.45, 7) is 0.856. The summed E-state index contributed by atoms with van der Waals surface area (Å²) in [5.74, 6) is 0.155. The van der Waals surface area contributed by atoms with Crippen molar-refractivity contribution in [2.24, 2.45) is 7.05 Å². The molecule has 0 saturated carbocycles. The molecule has 0 aliphatic heterocycles. The van der Waals surface area contributed by atoms with E-state index in [-0.39, 0.29) is 18.2 Å². The summed E-state index contributed by atoms with van der Waals surface area (Å²) >= 11 is 0. The highest BCUT2D eigenvalue weighted by Gasteiger charge is 2.14. The van der Waals surface area contributed by atoms with Crippen molar-refractivity contribution in [2.45, 2.75) is 13.0 Å². The molecule has 4 rings (SSSR count). The fraction of sp³-hybridized carbons (Fsp3) is 0.160. The number of carbonyl (C=O) groups is 1. The van der Waals surface area contributed by atoms with Gasteiger partial charge in [-0.25, -0.2) is 0 Å². The van der Waals surface area contributed by atoms with Crippen LogP contribution in [0.25, 0.3) is 10.9 Å². The number of benzene rings is 3. The van der Waals surface area contributed by atoms with Crippen LogP contribution in [0, 0.1) is 0 Å². The number of halogens is 1. The molecule has 0 spiro atoms. The van der Waals surface area contributed by atoms with E-state index in [1.165, 1.54) is 5.56 Å². The van der Waals surface area contributed by atoms with Crippen LogP contribution >= 0.6 is 12.4 Å². The zero-order valence-electron chi connectivity index (χ0n) is 16.7. The number of carbonyl (C=O) groups excluding carboxylic acids is 1. The summed E-state index contributed by atoms with van der Waals surface area (Å²) in [5, 5.41) is 1.02. The van der Waals surface area contributed by atoms with Gasteiger partial charge in [-0.2, -0.15) is 0 Å². The van der Waals surface area contributed by atoms with E-state index in [0.717, 1.165) is 34.3 Å². The average molecular weight is 405 g/mol. The van der Waals surface area contributed by atoms with Crippen molar-refractivity contribution in [1.29, 1.82) is 0 Å². The summed E-state index contributed by atoms with van der Waals surface area (Å²) in [6, 6.07) is 26.8. The Morgan fingerprint density at radius 1 is 0.862 bits per heavy atom. The highest BCUT2D eigenvalue weighted by molar-refractivity contribution is 6.08. The molecule has 0 aliphatic rings. The monoisotopic (exact) mass is 404 g/mol. The number of aryl methyl sites for hydroxylation is 1. The zero-order valence-corrected chi connectivity index (χ0v) is 17.5. The van der Waals surface area contributed by atoms with Gasteiger partial charge in [-0.1, -0.05) is 60.7 Å². The third-order valence-electron chi connectivity index (χ3n) is 5.20. The predicted molar refractivity (Wildman–Crippen MR) is 123 cm³/mol. The van der Waals surface area contributed by atoms with Gasteiger partial charge < -0.3 is 9.47 Å². The first-order chi connectivity index (χ1) is 13.6. The number of ketones is 1. The Morgan fingerprint density at radius 3 is 2.24 bits per heavy atom. The average Bonchev–Trinajstić information content (AvgIpc) is 3.06. The number of hydrogen-bond acceptors (Lipinski definition) is 2. The van der Waals surface area contributed by atoms with Crippen molar-refractivity contribution in [3.63, 3.8) is 0 Å². The van der Waals surface area contributed by atoms with Crippen LogP contribution in [-0.4, -0.2) is 17.4 Å². The minimum Gasteiger partial charge on any atom is -0.370 e. The van der Waals surface area contributed by atoms with Gasteiger partial charge in [-0.05, 0) is 29.3 Å². The van der Waals surface area contributed by atoms with Crippen LogP contribution in [0.15, 0.2) is 85.1 Å². The minimum absolute atomic E-state index is 0. The molecule has 0 aliphatic carbocycles. The first-order valence-corrected chi connectivity index (χ1v) is 9.53. The first-order valence-electron chi connectivity index (χ1n) is 9.53. The molecule has 3 nitrogen and oxygen atoms in total. The predicted octanol–water partition coefficient (Wildman–Crippen LogP) is 5.66. The van der Waals surface area contributed by atoms with Gasteiger partial charge in [-0.15, -0.1) is 12.4 Å². The molecule has 0 bridgehead atoms. The molecule has 0 atom stereocenters. The molecule has 0 radical (unpaired) electrons. The van der Waals surface area contributed by atoms with Gasteiger partial charge in [0, 0.05) is 55.4 Å². The third-order valence-corrected chi connectivity index (χ3v) is 5.20. The van der Waals surface area contributed by atoms with Crippen LogP contribution in [0.1, 0.15) is 21.5 Å². The normalized spacial score (nSPS) is 10.6.